The maximum atomic E-state index is 10.3. The number of benzene rings is 2. The van der Waals surface area contributed by atoms with Crippen LogP contribution >= 0.6 is 0 Å². The van der Waals surface area contributed by atoms with Crippen molar-refractivity contribution in [3.8, 4) is 0 Å². The number of fused-ring (bicyclic) bond motifs is 1. The third kappa shape index (κ3) is 1.58. The molecule has 0 aliphatic heterocycles. The lowest BCUT2D eigenvalue weighted by atomic mass is 10.0. The van der Waals surface area contributed by atoms with E-state index in [-0.39, 0.29) is 0 Å². The SMILES string of the molecule is C=Cc1cccc2c(N=C=O)cccc12. The third-order valence-corrected chi connectivity index (χ3v) is 2.32. The highest BCUT2D eigenvalue weighted by Gasteiger charge is 2.01. The smallest absolute Gasteiger partial charge is 0.211 e. The second-order valence-corrected chi connectivity index (χ2v) is 3.13. The summed E-state index contributed by atoms with van der Waals surface area (Å²) in [6.45, 7) is 3.75. The van der Waals surface area contributed by atoms with E-state index in [1.165, 1.54) is 0 Å². The second-order valence-electron chi connectivity index (χ2n) is 3.13. The Morgan fingerprint density at radius 1 is 1.13 bits per heavy atom. The van der Waals surface area contributed by atoms with Crippen LogP contribution in [0, 0.1) is 0 Å². The van der Waals surface area contributed by atoms with E-state index in [4.69, 9.17) is 0 Å². The summed E-state index contributed by atoms with van der Waals surface area (Å²) in [5, 5.41) is 1.99. The molecule has 0 atom stereocenters. The third-order valence-electron chi connectivity index (χ3n) is 2.32. The van der Waals surface area contributed by atoms with Crippen LogP contribution in [-0.4, -0.2) is 6.08 Å². The molecule has 0 amide bonds. The molecule has 2 rings (SSSR count). The summed E-state index contributed by atoms with van der Waals surface area (Å²) in [7, 11) is 0. The van der Waals surface area contributed by atoms with Crippen LogP contribution in [0.15, 0.2) is 48.0 Å². The first-order chi connectivity index (χ1) is 7.36. The molecule has 0 N–H and O–H groups in total. The van der Waals surface area contributed by atoms with Gasteiger partial charge in [-0.15, -0.1) is 0 Å². The molecule has 0 bridgehead atoms. The van der Waals surface area contributed by atoms with Gasteiger partial charge in [-0.25, -0.2) is 4.79 Å². The second kappa shape index (κ2) is 3.91. The molecule has 0 aliphatic rings. The van der Waals surface area contributed by atoms with Gasteiger partial charge in [0, 0.05) is 5.39 Å². The van der Waals surface area contributed by atoms with E-state index in [1.807, 2.05) is 30.3 Å². The number of isocyanates is 1. The number of hydrogen-bond acceptors (Lipinski definition) is 2. The maximum Gasteiger partial charge on any atom is 0.240 e. The summed E-state index contributed by atoms with van der Waals surface area (Å²) in [6.07, 6.45) is 3.35. The van der Waals surface area contributed by atoms with Crippen LogP contribution in [0.5, 0.6) is 0 Å². The average Bonchev–Trinajstić information content (AvgIpc) is 2.29. The lowest BCUT2D eigenvalue weighted by Crippen LogP contribution is -1.78. The predicted molar refractivity (Wildman–Crippen MR) is 61.8 cm³/mol. The Bertz CT molecular complexity index is 566. The zero-order valence-corrected chi connectivity index (χ0v) is 8.10. The Hall–Kier alpha value is -2.18. The molecule has 2 aromatic carbocycles. The largest absolute Gasteiger partial charge is 0.240 e. The molecule has 15 heavy (non-hydrogen) atoms. The molecule has 0 radical (unpaired) electrons. The molecule has 0 saturated carbocycles. The Balaban J connectivity index is 2.87. The summed E-state index contributed by atoms with van der Waals surface area (Å²) in [4.78, 5) is 13.9. The number of rotatable bonds is 2. The number of hydrogen-bond donors (Lipinski definition) is 0. The van der Waals surface area contributed by atoms with Gasteiger partial charge in [0.2, 0.25) is 6.08 Å². The Kier molecular flexibility index (Phi) is 2.44. The van der Waals surface area contributed by atoms with Crippen molar-refractivity contribution < 1.29 is 4.79 Å². The first-order valence-corrected chi connectivity index (χ1v) is 4.59. The average molecular weight is 195 g/mol. The standard InChI is InChI=1S/C13H9NO/c1-2-10-5-3-7-12-11(10)6-4-8-13(12)14-9-15/h2-8H,1H2. The normalized spacial score (nSPS) is 9.60. The number of aliphatic imine (C=N–C) groups is 1. The summed E-state index contributed by atoms with van der Waals surface area (Å²) in [5.74, 6) is 0. The fourth-order valence-corrected chi connectivity index (χ4v) is 1.64. The quantitative estimate of drug-likeness (QED) is 0.533. The van der Waals surface area contributed by atoms with Crippen LogP contribution in [0.1, 0.15) is 5.56 Å². The highest BCUT2D eigenvalue weighted by atomic mass is 16.1. The molecule has 0 fully saturated rings. The van der Waals surface area contributed by atoms with E-state index >= 15 is 0 Å². The van der Waals surface area contributed by atoms with Gasteiger partial charge in [0.25, 0.3) is 0 Å². The van der Waals surface area contributed by atoms with Crippen molar-refractivity contribution in [3.63, 3.8) is 0 Å². The Labute approximate surface area is 87.6 Å². The van der Waals surface area contributed by atoms with Crippen molar-refractivity contribution in [1.29, 1.82) is 0 Å². The zero-order valence-electron chi connectivity index (χ0n) is 8.10. The fourth-order valence-electron chi connectivity index (χ4n) is 1.64. The molecule has 0 unspecified atom stereocenters. The molecule has 72 valence electrons. The van der Waals surface area contributed by atoms with Crippen molar-refractivity contribution in [2.24, 2.45) is 4.99 Å². The van der Waals surface area contributed by atoms with E-state index in [0.29, 0.717) is 5.69 Å². The van der Waals surface area contributed by atoms with E-state index in [9.17, 15) is 4.79 Å². The maximum absolute atomic E-state index is 10.3. The summed E-state index contributed by atoms with van der Waals surface area (Å²) in [5.41, 5.74) is 1.68. The molecular weight excluding hydrogens is 186 g/mol. The van der Waals surface area contributed by atoms with Crippen molar-refractivity contribution in [3.05, 3.63) is 48.5 Å². The molecule has 0 spiro atoms. The summed E-state index contributed by atoms with van der Waals surface area (Å²) in [6, 6.07) is 11.5. The van der Waals surface area contributed by atoms with Crippen LogP contribution in [0.3, 0.4) is 0 Å². The highest BCUT2D eigenvalue weighted by Crippen LogP contribution is 2.28. The molecule has 2 nitrogen and oxygen atoms in total. The minimum absolute atomic E-state index is 0.645. The van der Waals surface area contributed by atoms with E-state index in [0.717, 1.165) is 16.3 Å². The first kappa shape index (κ1) is 9.38. The van der Waals surface area contributed by atoms with Crippen molar-refractivity contribution in [2.75, 3.05) is 0 Å². The van der Waals surface area contributed by atoms with Gasteiger partial charge in [-0.1, -0.05) is 43.0 Å². The van der Waals surface area contributed by atoms with Crippen molar-refractivity contribution >= 4 is 28.6 Å². The van der Waals surface area contributed by atoms with E-state index in [2.05, 4.69) is 11.6 Å². The van der Waals surface area contributed by atoms with Crippen LogP contribution in [0.25, 0.3) is 16.8 Å². The van der Waals surface area contributed by atoms with Gasteiger partial charge in [-0.05, 0) is 17.0 Å². The molecule has 0 heterocycles. The molecular formula is C13H9NO. The Morgan fingerprint density at radius 2 is 1.87 bits per heavy atom. The number of carbonyl (C=O) groups excluding carboxylic acids is 1. The minimum Gasteiger partial charge on any atom is -0.211 e. The van der Waals surface area contributed by atoms with Crippen LogP contribution in [0.4, 0.5) is 5.69 Å². The van der Waals surface area contributed by atoms with E-state index < -0.39 is 0 Å². The van der Waals surface area contributed by atoms with Crippen LogP contribution in [-0.2, 0) is 4.79 Å². The van der Waals surface area contributed by atoms with E-state index in [1.54, 1.807) is 18.2 Å². The molecule has 2 aromatic rings. The van der Waals surface area contributed by atoms with Gasteiger partial charge in [0.1, 0.15) is 0 Å². The first-order valence-electron chi connectivity index (χ1n) is 4.59. The molecule has 2 heteroatoms. The topological polar surface area (TPSA) is 29.4 Å². The number of nitrogens with zero attached hydrogens (tertiary/aromatic N) is 1. The van der Waals surface area contributed by atoms with Gasteiger partial charge in [0.05, 0.1) is 5.69 Å². The highest BCUT2D eigenvalue weighted by molar-refractivity contribution is 5.98. The lowest BCUT2D eigenvalue weighted by Gasteiger charge is -2.03. The minimum atomic E-state index is 0.645. The van der Waals surface area contributed by atoms with Gasteiger partial charge in [-0.3, -0.25) is 0 Å². The molecule has 0 saturated heterocycles. The lowest BCUT2D eigenvalue weighted by molar-refractivity contribution is 0.565. The van der Waals surface area contributed by atoms with Gasteiger partial charge < -0.3 is 0 Å². The van der Waals surface area contributed by atoms with Gasteiger partial charge in [-0.2, -0.15) is 4.99 Å². The van der Waals surface area contributed by atoms with Crippen LogP contribution in [0.2, 0.25) is 0 Å². The van der Waals surface area contributed by atoms with Crippen molar-refractivity contribution in [2.45, 2.75) is 0 Å². The monoisotopic (exact) mass is 195 g/mol. The summed E-state index contributed by atoms with van der Waals surface area (Å²) < 4.78 is 0. The molecule has 0 aromatic heterocycles. The zero-order chi connectivity index (χ0) is 10.7. The van der Waals surface area contributed by atoms with Crippen molar-refractivity contribution in [1.82, 2.24) is 0 Å². The van der Waals surface area contributed by atoms with Gasteiger partial charge in [0.15, 0.2) is 0 Å². The van der Waals surface area contributed by atoms with Crippen LogP contribution < -0.4 is 0 Å². The Morgan fingerprint density at radius 3 is 2.60 bits per heavy atom. The summed E-state index contributed by atoms with van der Waals surface area (Å²) >= 11 is 0. The fraction of sp³-hybridized carbons (Fsp3) is 0. The molecule has 0 aliphatic carbocycles. The predicted octanol–water partition coefficient (Wildman–Crippen LogP) is 3.45. The van der Waals surface area contributed by atoms with Gasteiger partial charge >= 0.3 is 0 Å².